The summed E-state index contributed by atoms with van der Waals surface area (Å²) in [6.45, 7) is 0. The van der Waals surface area contributed by atoms with Crippen LogP contribution in [0, 0.1) is 0 Å². The van der Waals surface area contributed by atoms with Crippen molar-refractivity contribution in [3.8, 4) is 11.5 Å². The lowest BCUT2D eigenvalue weighted by atomic mass is 10.1. The Labute approximate surface area is 164 Å². The molecule has 0 saturated carbocycles. The van der Waals surface area contributed by atoms with Crippen molar-refractivity contribution in [2.45, 2.75) is 0 Å². The van der Waals surface area contributed by atoms with E-state index in [-0.39, 0.29) is 5.78 Å². The predicted molar refractivity (Wildman–Crippen MR) is 107 cm³/mol. The minimum atomic E-state index is -0.110. The first kappa shape index (κ1) is 18.4. The molecule has 3 rings (SSSR count). The second-order valence-corrected chi connectivity index (χ2v) is 6.75. The summed E-state index contributed by atoms with van der Waals surface area (Å²) in [7, 11) is 3.14. The van der Waals surface area contributed by atoms with Crippen molar-refractivity contribution in [3.05, 3.63) is 69.3 Å². The maximum atomic E-state index is 12.3. The second kappa shape index (κ2) is 7.89. The number of hydrogen-bond donors (Lipinski definition) is 0. The molecule has 0 aliphatic carbocycles. The number of allylic oxidation sites excluding steroid dienone is 1. The summed E-state index contributed by atoms with van der Waals surface area (Å²) in [5.41, 5.74) is 1.93. The first-order valence-corrected chi connectivity index (χ1v) is 8.89. The minimum absolute atomic E-state index is 0.110. The van der Waals surface area contributed by atoms with Crippen LogP contribution in [0.15, 0.2) is 53.0 Å². The summed E-state index contributed by atoms with van der Waals surface area (Å²) < 4.78 is 11.5. The third-order valence-corrected chi connectivity index (χ3v) is 4.68. The van der Waals surface area contributed by atoms with E-state index in [1.54, 1.807) is 38.5 Å². The molecule has 132 valence electrons. The van der Waals surface area contributed by atoms with Gasteiger partial charge in [-0.2, -0.15) is 0 Å². The number of hydrogen-bond acceptors (Lipinski definition) is 4. The normalized spacial score (nSPS) is 11.1. The fraction of sp³-hybridized carbons (Fsp3) is 0.100. The van der Waals surface area contributed by atoms with Gasteiger partial charge in [0.2, 0.25) is 0 Å². The molecule has 26 heavy (non-hydrogen) atoms. The van der Waals surface area contributed by atoms with Gasteiger partial charge in [-0.3, -0.25) is 4.79 Å². The number of methoxy groups -OCH3 is 2. The highest BCUT2D eigenvalue weighted by Crippen LogP contribution is 2.33. The lowest BCUT2D eigenvalue weighted by molar-refractivity contribution is 0.104. The van der Waals surface area contributed by atoms with Crippen molar-refractivity contribution in [3.63, 3.8) is 0 Å². The number of aromatic nitrogens is 1. The Morgan fingerprint density at radius 1 is 1.08 bits per heavy atom. The summed E-state index contributed by atoms with van der Waals surface area (Å²) in [5, 5.41) is 1.15. The first-order valence-electron chi connectivity index (χ1n) is 7.72. The van der Waals surface area contributed by atoms with Gasteiger partial charge >= 0.3 is 0 Å². The van der Waals surface area contributed by atoms with E-state index < -0.39 is 0 Å². The second-order valence-electron chi connectivity index (χ2n) is 5.47. The van der Waals surface area contributed by atoms with E-state index in [4.69, 9.17) is 21.1 Å². The van der Waals surface area contributed by atoms with Gasteiger partial charge in [-0.1, -0.05) is 27.5 Å². The molecule has 0 aliphatic rings. The molecule has 0 saturated heterocycles. The Bertz CT molecular complexity index is 1000. The zero-order valence-electron chi connectivity index (χ0n) is 14.1. The topological polar surface area (TPSA) is 48.4 Å². The smallest absolute Gasteiger partial charge is 0.185 e. The molecule has 0 atom stereocenters. The fourth-order valence-corrected chi connectivity index (χ4v) is 2.96. The van der Waals surface area contributed by atoms with Gasteiger partial charge in [0.15, 0.2) is 17.3 Å². The predicted octanol–water partition coefficient (Wildman–Crippen LogP) is 5.56. The number of carbonyl (C=O) groups is 1. The van der Waals surface area contributed by atoms with Crippen molar-refractivity contribution in [2.24, 2.45) is 0 Å². The van der Waals surface area contributed by atoms with Crippen LogP contribution < -0.4 is 9.47 Å². The molecular formula is C20H15BrClNO3. The van der Waals surface area contributed by atoms with Crippen LogP contribution in [0.2, 0.25) is 5.15 Å². The van der Waals surface area contributed by atoms with Gasteiger partial charge in [0.05, 0.1) is 19.7 Å². The number of halogens is 2. The molecule has 1 heterocycles. The van der Waals surface area contributed by atoms with Gasteiger partial charge in [-0.25, -0.2) is 4.98 Å². The molecule has 0 amide bonds. The molecule has 0 N–H and O–H groups in total. The van der Waals surface area contributed by atoms with E-state index in [9.17, 15) is 4.79 Å². The lowest BCUT2D eigenvalue weighted by Gasteiger charge is -2.09. The molecular weight excluding hydrogens is 418 g/mol. The number of pyridine rings is 1. The van der Waals surface area contributed by atoms with Crippen molar-refractivity contribution in [1.29, 1.82) is 0 Å². The number of ketones is 1. The number of benzene rings is 2. The zero-order chi connectivity index (χ0) is 18.7. The molecule has 0 unspecified atom stereocenters. The van der Waals surface area contributed by atoms with Gasteiger partial charge in [0.25, 0.3) is 0 Å². The Morgan fingerprint density at radius 2 is 1.73 bits per heavy atom. The van der Waals surface area contributed by atoms with E-state index in [1.165, 1.54) is 6.08 Å². The molecule has 6 heteroatoms. The van der Waals surface area contributed by atoms with Crippen LogP contribution in [0.5, 0.6) is 11.5 Å². The van der Waals surface area contributed by atoms with Crippen molar-refractivity contribution < 1.29 is 14.3 Å². The van der Waals surface area contributed by atoms with Crippen molar-refractivity contribution >= 4 is 50.3 Å². The molecule has 0 radical (unpaired) electrons. The standard InChI is InChI=1S/C20H15BrClNO3/c1-25-18-10-14-9-13(20(22)23-16(14)11-19(18)26-2)5-8-17(24)12-3-6-15(21)7-4-12/h3-11H,1-2H3/b8-5+. The number of nitrogens with zero attached hydrogens (tertiary/aromatic N) is 1. The van der Waals surface area contributed by atoms with E-state index in [0.29, 0.717) is 33.3 Å². The molecule has 0 spiro atoms. The molecule has 2 aromatic carbocycles. The summed E-state index contributed by atoms with van der Waals surface area (Å²) in [5.74, 6) is 1.07. The summed E-state index contributed by atoms with van der Waals surface area (Å²) in [4.78, 5) is 16.7. The van der Waals surface area contributed by atoms with Crippen LogP contribution in [-0.4, -0.2) is 25.0 Å². The van der Waals surface area contributed by atoms with Crippen LogP contribution in [0.1, 0.15) is 15.9 Å². The van der Waals surface area contributed by atoms with Gasteiger partial charge in [0.1, 0.15) is 5.15 Å². The first-order chi connectivity index (χ1) is 12.5. The molecule has 0 aliphatic heterocycles. The summed E-state index contributed by atoms with van der Waals surface area (Å²) in [6.07, 6.45) is 3.15. The van der Waals surface area contributed by atoms with Crippen molar-refractivity contribution in [2.75, 3.05) is 14.2 Å². The van der Waals surface area contributed by atoms with Crippen LogP contribution in [-0.2, 0) is 0 Å². The van der Waals surface area contributed by atoms with E-state index in [1.807, 2.05) is 24.3 Å². The van der Waals surface area contributed by atoms with E-state index in [2.05, 4.69) is 20.9 Å². The lowest BCUT2D eigenvalue weighted by Crippen LogP contribution is -1.94. The fourth-order valence-electron chi connectivity index (χ4n) is 2.49. The van der Waals surface area contributed by atoms with Crippen molar-refractivity contribution in [1.82, 2.24) is 4.98 Å². The zero-order valence-corrected chi connectivity index (χ0v) is 16.5. The Morgan fingerprint density at radius 3 is 2.38 bits per heavy atom. The molecule has 0 bridgehead atoms. The van der Waals surface area contributed by atoms with Crippen LogP contribution in [0.25, 0.3) is 17.0 Å². The number of ether oxygens (including phenoxy) is 2. The van der Waals surface area contributed by atoms with Crippen LogP contribution in [0.4, 0.5) is 0 Å². The highest BCUT2D eigenvalue weighted by molar-refractivity contribution is 9.10. The quantitative estimate of drug-likeness (QED) is 0.301. The third-order valence-electron chi connectivity index (χ3n) is 3.84. The van der Waals surface area contributed by atoms with Gasteiger partial charge in [-0.15, -0.1) is 0 Å². The third kappa shape index (κ3) is 3.89. The maximum absolute atomic E-state index is 12.3. The molecule has 4 nitrogen and oxygen atoms in total. The molecule has 0 fully saturated rings. The molecule has 1 aromatic heterocycles. The number of fused-ring (bicyclic) bond motifs is 1. The van der Waals surface area contributed by atoms with Gasteiger partial charge in [-0.05, 0) is 48.6 Å². The molecule has 3 aromatic rings. The SMILES string of the molecule is COc1cc2cc(/C=C/C(=O)c3ccc(Br)cc3)c(Cl)nc2cc1OC. The number of carbonyl (C=O) groups excluding carboxylic acids is 1. The maximum Gasteiger partial charge on any atom is 0.185 e. The number of rotatable bonds is 5. The van der Waals surface area contributed by atoms with E-state index in [0.717, 1.165) is 9.86 Å². The summed E-state index contributed by atoms with van der Waals surface area (Å²) >= 11 is 9.62. The van der Waals surface area contributed by atoms with Gasteiger partial charge in [0, 0.05) is 27.1 Å². The average Bonchev–Trinajstić information content (AvgIpc) is 2.65. The van der Waals surface area contributed by atoms with E-state index >= 15 is 0 Å². The summed E-state index contributed by atoms with van der Waals surface area (Å²) in [6, 6.07) is 12.6. The Kier molecular flexibility index (Phi) is 5.59. The highest BCUT2D eigenvalue weighted by atomic mass is 79.9. The Hall–Kier alpha value is -2.37. The Balaban J connectivity index is 1.95. The van der Waals surface area contributed by atoms with Crippen LogP contribution in [0.3, 0.4) is 0 Å². The largest absolute Gasteiger partial charge is 0.493 e. The highest BCUT2D eigenvalue weighted by Gasteiger charge is 2.10. The average molecular weight is 433 g/mol. The van der Waals surface area contributed by atoms with Crippen LogP contribution >= 0.6 is 27.5 Å². The monoisotopic (exact) mass is 431 g/mol. The minimum Gasteiger partial charge on any atom is -0.493 e. The van der Waals surface area contributed by atoms with Gasteiger partial charge < -0.3 is 9.47 Å².